The summed E-state index contributed by atoms with van der Waals surface area (Å²) < 4.78 is 17.7. The van der Waals surface area contributed by atoms with E-state index in [-0.39, 0.29) is 11.8 Å². The maximum absolute atomic E-state index is 13.0. The minimum absolute atomic E-state index is 0.203. The SMILES string of the molecule is COC(=O)c1ccc(NC(=O)[C@@H]2CCc3sc(NC(=O)c4ccc(F)cc4)nc32)cc1. The molecule has 1 atom stereocenters. The van der Waals surface area contributed by atoms with Crippen molar-refractivity contribution in [3.8, 4) is 0 Å². The fraction of sp³-hybridized carbons (Fsp3) is 0.182. The first kappa shape index (κ1) is 20.7. The smallest absolute Gasteiger partial charge is 0.337 e. The Kier molecular flexibility index (Phi) is 5.77. The lowest BCUT2D eigenvalue weighted by atomic mass is 10.1. The molecule has 0 spiro atoms. The third-order valence-corrected chi connectivity index (χ3v) is 5.98. The number of methoxy groups -OCH3 is 1. The number of amides is 2. The van der Waals surface area contributed by atoms with E-state index in [9.17, 15) is 18.8 Å². The molecule has 2 amide bonds. The fourth-order valence-corrected chi connectivity index (χ4v) is 4.38. The Morgan fingerprint density at radius 2 is 1.71 bits per heavy atom. The second-order valence-corrected chi connectivity index (χ2v) is 8.02. The van der Waals surface area contributed by atoms with Crippen molar-refractivity contribution in [1.82, 2.24) is 4.98 Å². The number of halogens is 1. The van der Waals surface area contributed by atoms with Gasteiger partial charge in [-0.15, -0.1) is 11.3 Å². The number of carbonyl (C=O) groups excluding carboxylic acids is 3. The van der Waals surface area contributed by atoms with Gasteiger partial charge in [0.05, 0.1) is 24.3 Å². The summed E-state index contributed by atoms with van der Waals surface area (Å²) in [6.45, 7) is 0. The number of aromatic nitrogens is 1. The minimum Gasteiger partial charge on any atom is -0.465 e. The molecule has 31 heavy (non-hydrogen) atoms. The van der Waals surface area contributed by atoms with Gasteiger partial charge in [-0.2, -0.15) is 0 Å². The summed E-state index contributed by atoms with van der Waals surface area (Å²) in [5.74, 6) is -1.89. The first-order valence-corrected chi connectivity index (χ1v) is 10.3. The Hall–Kier alpha value is -3.59. The molecule has 9 heteroatoms. The van der Waals surface area contributed by atoms with Gasteiger partial charge in [-0.1, -0.05) is 0 Å². The van der Waals surface area contributed by atoms with Crippen molar-refractivity contribution in [3.63, 3.8) is 0 Å². The van der Waals surface area contributed by atoms with E-state index in [0.29, 0.717) is 40.5 Å². The highest BCUT2D eigenvalue weighted by molar-refractivity contribution is 7.16. The van der Waals surface area contributed by atoms with Crippen LogP contribution in [0.1, 0.15) is 43.6 Å². The van der Waals surface area contributed by atoms with Crippen molar-refractivity contribution >= 4 is 39.9 Å². The Morgan fingerprint density at radius 1 is 1.03 bits per heavy atom. The molecule has 1 aliphatic carbocycles. The van der Waals surface area contributed by atoms with E-state index in [1.54, 1.807) is 24.3 Å². The number of fused-ring (bicyclic) bond motifs is 1. The van der Waals surface area contributed by atoms with E-state index in [1.165, 1.54) is 42.7 Å². The zero-order valence-electron chi connectivity index (χ0n) is 16.5. The molecule has 2 N–H and O–H groups in total. The van der Waals surface area contributed by atoms with Gasteiger partial charge in [0.25, 0.3) is 5.91 Å². The molecule has 0 radical (unpaired) electrons. The lowest BCUT2D eigenvalue weighted by Crippen LogP contribution is -2.20. The molecule has 7 nitrogen and oxygen atoms in total. The largest absolute Gasteiger partial charge is 0.465 e. The summed E-state index contributed by atoms with van der Waals surface area (Å²) in [4.78, 5) is 42.0. The van der Waals surface area contributed by atoms with Crippen molar-refractivity contribution in [3.05, 3.63) is 76.0 Å². The van der Waals surface area contributed by atoms with Gasteiger partial charge in [-0.05, 0) is 61.4 Å². The summed E-state index contributed by atoms with van der Waals surface area (Å²) in [7, 11) is 1.31. The van der Waals surface area contributed by atoms with Crippen LogP contribution in [0.4, 0.5) is 15.2 Å². The molecule has 0 fully saturated rings. The topological polar surface area (TPSA) is 97.4 Å². The maximum Gasteiger partial charge on any atom is 0.337 e. The average molecular weight is 439 g/mol. The number of nitrogens with zero attached hydrogens (tertiary/aromatic N) is 1. The van der Waals surface area contributed by atoms with E-state index in [2.05, 4.69) is 20.4 Å². The van der Waals surface area contributed by atoms with Crippen LogP contribution in [0.5, 0.6) is 0 Å². The number of esters is 1. The number of thiazole rings is 1. The number of ether oxygens (including phenoxy) is 1. The van der Waals surface area contributed by atoms with Crippen molar-refractivity contribution in [1.29, 1.82) is 0 Å². The van der Waals surface area contributed by atoms with Crippen LogP contribution in [0, 0.1) is 5.82 Å². The Morgan fingerprint density at radius 3 is 2.39 bits per heavy atom. The molecule has 0 aliphatic heterocycles. The van der Waals surface area contributed by atoms with E-state index in [4.69, 9.17) is 0 Å². The number of anilines is 2. The minimum atomic E-state index is -0.448. The van der Waals surface area contributed by atoms with Crippen LogP contribution in [0.25, 0.3) is 0 Å². The van der Waals surface area contributed by atoms with E-state index >= 15 is 0 Å². The van der Waals surface area contributed by atoms with Crippen molar-refractivity contribution in [2.24, 2.45) is 0 Å². The van der Waals surface area contributed by atoms with Crippen LogP contribution in [-0.2, 0) is 16.0 Å². The molecule has 158 valence electrons. The predicted molar refractivity (Wildman–Crippen MR) is 114 cm³/mol. The number of benzene rings is 2. The van der Waals surface area contributed by atoms with Gasteiger partial charge in [0.15, 0.2) is 5.13 Å². The summed E-state index contributed by atoms with van der Waals surface area (Å²) >= 11 is 1.33. The number of nitrogens with one attached hydrogen (secondary N) is 2. The third kappa shape index (κ3) is 4.46. The van der Waals surface area contributed by atoms with Crippen LogP contribution in [-0.4, -0.2) is 29.9 Å². The predicted octanol–water partition coefficient (Wildman–Crippen LogP) is 3.99. The van der Waals surface area contributed by atoms with Crippen LogP contribution in [0.15, 0.2) is 48.5 Å². The van der Waals surface area contributed by atoms with Crippen LogP contribution >= 0.6 is 11.3 Å². The van der Waals surface area contributed by atoms with E-state index in [1.807, 2.05) is 0 Å². The second kappa shape index (κ2) is 8.65. The van der Waals surface area contributed by atoms with Crippen molar-refractivity contribution in [2.45, 2.75) is 18.8 Å². The zero-order chi connectivity index (χ0) is 22.0. The molecular weight excluding hydrogens is 421 g/mol. The Labute approximate surface area is 181 Å². The first-order valence-electron chi connectivity index (χ1n) is 9.50. The molecule has 1 aromatic heterocycles. The summed E-state index contributed by atoms with van der Waals surface area (Å²) in [6.07, 6.45) is 1.32. The highest BCUT2D eigenvalue weighted by atomic mass is 32.1. The molecule has 0 bridgehead atoms. The normalized spacial score (nSPS) is 14.6. The molecule has 2 aromatic carbocycles. The highest BCUT2D eigenvalue weighted by Gasteiger charge is 2.33. The summed E-state index contributed by atoms with van der Waals surface area (Å²) in [5, 5.41) is 5.95. The van der Waals surface area contributed by atoms with Gasteiger partial charge >= 0.3 is 5.97 Å². The van der Waals surface area contributed by atoms with Gasteiger partial charge in [-0.3, -0.25) is 14.9 Å². The van der Waals surface area contributed by atoms with Gasteiger partial charge < -0.3 is 10.1 Å². The Bertz CT molecular complexity index is 1140. The van der Waals surface area contributed by atoms with Crippen LogP contribution < -0.4 is 10.6 Å². The standard InChI is InChI=1S/C22H18FN3O4S/c1-30-21(29)13-4-8-15(9-5-13)24-20(28)16-10-11-17-18(16)25-22(31-17)26-19(27)12-2-6-14(23)7-3-12/h2-9,16H,10-11H2,1H3,(H,24,28)(H,25,26,27)/t16-/m1/s1. The van der Waals surface area contributed by atoms with Crippen molar-refractivity contribution in [2.75, 3.05) is 17.7 Å². The highest BCUT2D eigenvalue weighted by Crippen LogP contribution is 2.39. The molecule has 0 saturated heterocycles. The molecular formula is C22H18FN3O4S. The quantitative estimate of drug-likeness (QED) is 0.586. The lowest BCUT2D eigenvalue weighted by Gasteiger charge is -2.11. The first-order chi connectivity index (χ1) is 14.9. The monoisotopic (exact) mass is 439 g/mol. The molecule has 0 saturated carbocycles. The fourth-order valence-electron chi connectivity index (χ4n) is 3.34. The zero-order valence-corrected chi connectivity index (χ0v) is 17.3. The average Bonchev–Trinajstić information content (AvgIpc) is 3.34. The van der Waals surface area contributed by atoms with Crippen molar-refractivity contribution < 1.29 is 23.5 Å². The Balaban J connectivity index is 1.43. The van der Waals surface area contributed by atoms with Gasteiger partial charge in [-0.25, -0.2) is 14.2 Å². The van der Waals surface area contributed by atoms with Gasteiger partial charge in [0.2, 0.25) is 5.91 Å². The second-order valence-electron chi connectivity index (χ2n) is 6.94. The van der Waals surface area contributed by atoms with E-state index < -0.39 is 17.7 Å². The summed E-state index contributed by atoms with van der Waals surface area (Å²) in [6, 6.07) is 11.6. The number of carbonyl (C=O) groups is 3. The number of rotatable bonds is 5. The molecule has 4 rings (SSSR count). The number of hydrogen-bond acceptors (Lipinski definition) is 6. The van der Waals surface area contributed by atoms with E-state index in [0.717, 1.165) is 4.88 Å². The number of hydrogen-bond donors (Lipinski definition) is 2. The van der Waals surface area contributed by atoms with Crippen LogP contribution in [0.2, 0.25) is 0 Å². The number of aryl methyl sites for hydroxylation is 1. The van der Waals surface area contributed by atoms with Crippen LogP contribution in [0.3, 0.4) is 0 Å². The summed E-state index contributed by atoms with van der Waals surface area (Å²) in [5.41, 5.74) is 1.93. The molecule has 1 heterocycles. The molecule has 0 unspecified atom stereocenters. The van der Waals surface area contributed by atoms with Gasteiger partial charge in [0, 0.05) is 16.1 Å². The molecule has 3 aromatic rings. The lowest BCUT2D eigenvalue weighted by molar-refractivity contribution is -0.117. The molecule has 1 aliphatic rings. The van der Waals surface area contributed by atoms with Gasteiger partial charge in [0.1, 0.15) is 5.82 Å². The third-order valence-electron chi connectivity index (χ3n) is 4.93. The maximum atomic E-state index is 13.0.